The zero-order valence-corrected chi connectivity index (χ0v) is 14.8. The molecular weight excluding hydrogens is 421 g/mol. The van der Waals surface area contributed by atoms with Gasteiger partial charge in [0.1, 0.15) is 29.9 Å². The van der Waals surface area contributed by atoms with E-state index in [-0.39, 0.29) is 5.69 Å². The summed E-state index contributed by atoms with van der Waals surface area (Å²) in [5.74, 6) is -3.93. The van der Waals surface area contributed by atoms with Gasteiger partial charge in [-0.2, -0.15) is 23.0 Å². The lowest BCUT2D eigenvalue weighted by atomic mass is 10.2. The number of hydrogen-bond donors (Lipinski definition) is 1. The number of alkyl halides is 3. The molecule has 0 radical (unpaired) electrons. The van der Waals surface area contributed by atoms with Gasteiger partial charge in [0.25, 0.3) is 5.91 Å². The zero-order chi connectivity index (χ0) is 21.2. The number of hydrogen-bond acceptors (Lipinski definition) is 4. The number of aliphatic imine (C=N–C) groups is 1. The lowest BCUT2D eigenvalue weighted by Gasteiger charge is -2.12. The number of aromatic nitrogens is 3. The Morgan fingerprint density at radius 3 is 2.41 bits per heavy atom. The Bertz CT molecular complexity index is 1060. The second-order valence-electron chi connectivity index (χ2n) is 5.49. The Morgan fingerprint density at radius 1 is 1.14 bits per heavy atom. The SMILES string of the molecule is O=C(NC(=Nc1ccc(Cl)c(C(F)(F)F)c1)n1cncn1)c1c(F)cccc1F. The van der Waals surface area contributed by atoms with Gasteiger partial charge in [-0.05, 0) is 30.3 Å². The Hall–Kier alpha value is -3.34. The third-order valence-corrected chi connectivity index (χ3v) is 3.87. The summed E-state index contributed by atoms with van der Waals surface area (Å²) in [7, 11) is 0. The van der Waals surface area contributed by atoms with Crippen molar-refractivity contribution in [1.29, 1.82) is 0 Å². The van der Waals surface area contributed by atoms with Gasteiger partial charge < -0.3 is 0 Å². The molecule has 0 spiro atoms. The second-order valence-corrected chi connectivity index (χ2v) is 5.90. The van der Waals surface area contributed by atoms with Gasteiger partial charge in [0.05, 0.1) is 16.3 Å². The molecule has 1 aromatic heterocycles. The van der Waals surface area contributed by atoms with Crippen LogP contribution >= 0.6 is 11.6 Å². The summed E-state index contributed by atoms with van der Waals surface area (Å²) >= 11 is 5.57. The van der Waals surface area contributed by atoms with Crippen molar-refractivity contribution >= 4 is 29.2 Å². The molecule has 1 amide bonds. The van der Waals surface area contributed by atoms with Crippen molar-refractivity contribution in [2.75, 3.05) is 0 Å². The predicted molar refractivity (Wildman–Crippen MR) is 92.8 cm³/mol. The van der Waals surface area contributed by atoms with E-state index in [0.717, 1.165) is 47.7 Å². The molecule has 150 valence electrons. The molecule has 0 atom stereocenters. The van der Waals surface area contributed by atoms with Crippen LogP contribution in [0.1, 0.15) is 15.9 Å². The zero-order valence-electron chi connectivity index (χ0n) is 14.1. The molecule has 0 aliphatic carbocycles. The summed E-state index contributed by atoms with van der Waals surface area (Å²) in [5, 5.41) is 5.29. The normalized spacial score (nSPS) is 12.1. The standard InChI is InChI=1S/C17H9ClF5N5O/c18-11-5-4-9(6-10(11)17(21,22)23)26-16(28-8-24-7-25-28)27-15(29)14-12(19)2-1-3-13(14)20/h1-8H,(H,26,27,29). The third kappa shape index (κ3) is 4.57. The molecule has 0 unspecified atom stereocenters. The van der Waals surface area contributed by atoms with E-state index in [1.807, 2.05) is 0 Å². The fourth-order valence-corrected chi connectivity index (χ4v) is 2.48. The van der Waals surface area contributed by atoms with Gasteiger partial charge in [0.2, 0.25) is 5.96 Å². The van der Waals surface area contributed by atoms with Gasteiger partial charge in [-0.3, -0.25) is 10.1 Å². The van der Waals surface area contributed by atoms with Crippen molar-refractivity contribution < 1.29 is 26.7 Å². The highest BCUT2D eigenvalue weighted by atomic mass is 35.5. The average Bonchev–Trinajstić information content (AvgIpc) is 3.16. The van der Waals surface area contributed by atoms with Crippen LogP contribution in [0, 0.1) is 11.6 Å². The fourth-order valence-electron chi connectivity index (χ4n) is 2.26. The minimum Gasteiger partial charge on any atom is -0.290 e. The maximum Gasteiger partial charge on any atom is 0.417 e. The maximum absolute atomic E-state index is 13.8. The molecule has 0 aliphatic heterocycles. The Balaban J connectivity index is 2.03. The number of nitrogens with zero attached hydrogens (tertiary/aromatic N) is 4. The highest BCUT2D eigenvalue weighted by Crippen LogP contribution is 2.36. The molecule has 3 aromatic rings. The summed E-state index contributed by atoms with van der Waals surface area (Å²) in [6.45, 7) is 0. The van der Waals surface area contributed by atoms with Crippen LogP contribution in [0.3, 0.4) is 0 Å². The van der Waals surface area contributed by atoms with Crippen LogP contribution < -0.4 is 5.32 Å². The first-order valence-electron chi connectivity index (χ1n) is 7.72. The summed E-state index contributed by atoms with van der Waals surface area (Å²) in [4.78, 5) is 19.9. The first-order valence-corrected chi connectivity index (χ1v) is 8.10. The average molecular weight is 430 g/mol. The van der Waals surface area contributed by atoms with Gasteiger partial charge >= 0.3 is 6.18 Å². The molecule has 2 aromatic carbocycles. The molecule has 12 heteroatoms. The van der Waals surface area contributed by atoms with Crippen LogP contribution in [-0.2, 0) is 6.18 Å². The van der Waals surface area contributed by atoms with Crippen LogP contribution in [0.15, 0.2) is 54.0 Å². The molecule has 0 saturated carbocycles. The van der Waals surface area contributed by atoms with Crippen LogP contribution in [0.2, 0.25) is 5.02 Å². The van der Waals surface area contributed by atoms with Gasteiger partial charge in [0.15, 0.2) is 0 Å². The predicted octanol–water partition coefficient (Wildman–Crippen LogP) is 4.19. The number of amides is 1. The number of carbonyl (C=O) groups is 1. The van der Waals surface area contributed by atoms with E-state index in [4.69, 9.17) is 11.6 Å². The molecular formula is C17H9ClF5N5O. The van der Waals surface area contributed by atoms with Crippen molar-refractivity contribution in [3.8, 4) is 0 Å². The maximum atomic E-state index is 13.8. The molecule has 0 saturated heterocycles. The summed E-state index contributed by atoms with van der Waals surface area (Å²) < 4.78 is 67.7. The largest absolute Gasteiger partial charge is 0.417 e. The number of nitrogens with one attached hydrogen (secondary N) is 1. The highest BCUT2D eigenvalue weighted by Gasteiger charge is 2.33. The van der Waals surface area contributed by atoms with Crippen LogP contribution in [0.5, 0.6) is 0 Å². The molecule has 1 N–H and O–H groups in total. The topological polar surface area (TPSA) is 72.2 Å². The minimum absolute atomic E-state index is 0.249. The summed E-state index contributed by atoms with van der Waals surface area (Å²) in [6.07, 6.45) is -2.60. The molecule has 6 nitrogen and oxygen atoms in total. The van der Waals surface area contributed by atoms with E-state index in [9.17, 15) is 26.7 Å². The third-order valence-electron chi connectivity index (χ3n) is 3.54. The van der Waals surface area contributed by atoms with E-state index in [0.29, 0.717) is 6.07 Å². The van der Waals surface area contributed by atoms with Gasteiger partial charge in [-0.25, -0.2) is 18.8 Å². The molecule has 0 bridgehead atoms. The van der Waals surface area contributed by atoms with Gasteiger partial charge in [-0.1, -0.05) is 17.7 Å². The number of benzene rings is 2. The Morgan fingerprint density at radius 2 is 1.83 bits per heavy atom. The Labute approximate surface area is 164 Å². The minimum atomic E-state index is -4.74. The van der Waals surface area contributed by atoms with E-state index in [2.05, 4.69) is 20.4 Å². The number of rotatable bonds is 2. The van der Waals surface area contributed by atoms with E-state index < -0.39 is 45.8 Å². The van der Waals surface area contributed by atoms with Crippen molar-refractivity contribution in [3.05, 3.63) is 76.8 Å². The van der Waals surface area contributed by atoms with Crippen molar-refractivity contribution in [3.63, 3.8) is 0 Å². The van der Waals surface area contributed by atoms with E-state index in [1.54, 1.807) is 0 Å². The van der Waals surface area contributed by atoms with Crippen molar-refractivity contribution in [1.82, 2.24) is 20.1 Å². The highest BCUT2D eigenvalue weighted by molar-refractivity contribution is 6.31. The Kier molecular flexibility index (Phi) is 5.59. The molecule has 0 fully saturated rings. The van der Waals surface area contributed by atoms with Crippen LogP contribution in [0.25, 0.3) is 0 Å². The van der Waals surface area contributed by atoms with Gasteiger partial charge in [-0.15, -0.1) is 0 Å². The van der Waals surface area contributed by atoms with E-state index >= 15 is 0 Å². The summed E-state index contributed by atoms with van der Waals surface area (Å²) in [6, 6.07) is 5.60. The van der Waals surface area contributed by atoms with Crippen LogP contribution in [0.4, 0.5) is 27.6 Å². The number of halogens is 6. The fraction of sp³-hybridized carbons (Fsp3) is 0.0588. The number of carbonyl (C=O) groups excluding carboxylic acids is 1. The molecule has 0 aliphatic rings. The first-order chi connectivity index (χ1) is 13.7. The monoisotopic (exact) mass is 429 g/mol. The van der Waals surface area contributed by atoms with Crippen molar-refractivity contribution in [2.24, 2.45) is 4.99 Å². The second kappa shape index (κ2) is 7.95. The first kappa shape index (κ1) is 20.4. The quantitative estimate of drug-likeness (QED) is 0.377. The molecule has 3 rings (SSSR count). The lowest BCUT2D eigenvalue weighted by molar-refractivity contribution is -0.137. The van der Waals surface area contributed by atoms with Crippen molar-refractivity contribution in [2.45, 2.75) is 6.18 Å². The van der Waals surface area contributed by atoms with E-state index in [1.165, 1.54) is 0 Å². The van der Waals surface area contributed by atoms with Crippen LogP contribution in [-0.4, -0.2) is 26.6 Å². The molecule has 1 heterocycles. The lowest BCUT2D eigenvalue weighted by Crippen LogP contribution is -2.36. The smallest absolute Gasteiger partial charge is 0.290 e. The summed E-state index contributed by atoms with van der Waals surface area (Å²) in [5.41, 5.74) is -2.29. The molecule has 29 heavy (non-hydrogen) atoms. The van der Waals surface area contributed by atoms with Gasteiger partial charge in [0, 0.05) is 0 Å².